The lowest BCUT2D eigenvalue weighted by Crippen LogP contribution is -2.42. The molecule has 6 atom stereocenters. The standard InChI is InChI=1S/C30H41NO/c1-19(2)20-13-14-31-18-21-16-28-24(17-23(21)26(31)15-20)29-25(11-8-12-27(29)32-28)30(3,4)22-9-6-5-7-10-22/h6,8-10,12,16,19-20,24-27,29H,5,7,11,13-15,17-18H2,1-4H3/t20?,24-,25?,26?,27?,29?/m1/s1. The van der Waals surface area contributed by atoms with Crippen LogP contribution in [-0.4, -0.2) is 30.1 Å². The Labute approximate surface area is 195 Å². The molecule has 3 aliphatic carbocycles. The van der Waals surface area contributed by atoms with Gasteiger partial charge in [0.25, 0.3) is 0 Å². The Balaban J connectivity index is 1.29. The maximum Gasteiger partial charge on any atom is 0.120 e. The SMILES string of the molecule is CC(C)C1CCN2CC3=C(C[C@@H]4C(=C3)OC3C=CCC(C(C)(C)C5=CCCC=C5)C34)C2C1. The van der Waals surface area contributed by atoms with E-state index in [1.165, 1.54) is 50.8 Å². The molecule has 0 saturated carbocycles. The highest BCUT2D eigenvalue weighted by Crippen LogP contribution is 2.57. The zero-order valence-corrected chi connectivity index (χ0v) is 20.5. The van der Waals surface area contributed by atoms with Crippen LogP contribution in [0, 0.1) is 35.0 Å². The van der Waals surface area contributed by atoms with Gasteiger partial charge in [-0.15, -0.1) is 0 Å². The molecule has 0 radical (unpaired) electrons. The maximum absolute atomic E-state index is 6.69. The van der Waals surface area contributed by atoms with E-state index in [2.05, 4.69) is 69.1 Å². The van der Waals surface area contributed by atoms with Crippen molar-refractivity contribution in [1.29, 1.82) is 0 Å². The molecule has 0 bridgehead atoms. The zero-order chi connectivity index (χ0) is 22.0. The van der Waals surface area contributed by atoms with Gasteiger partial charge in [0.1, 0.15) is 11.9 Å². The fourth-order valence-electron chi connectivity index (χ4n) is 7.94. The molecular weight excluding hydrogens is 390 g/mol. The van der Waals surface area contributed by atoms with Crippen LogP contribution in [0.15, 0.2) is 58.9 Å². The predicted octanol–water partition coefficient (Wildman–Crippen LogP) is 6.83. The highest BCUT2D eigenvalue weighted by molar-refractivity contribution is 5.44. The number of piperidine rings is 1. The van der Waals surface area contributed by atoms with Gasteiger partial charge in [-0.3, -0.25) is 4.90 Å². The molecule has 6 rings (SSSR count). The maximum atomic E-state index is 6.69. The normalized spacial score (nSPS) is 38.7. The lowest BCUT2D eigenvalue weighted by molar-refractivity contribution is 0.0838. The van der Waals surface area contributed by atoms with E-state index in [0.717, 1.165) is 18.4 Å². The number of rotatable bonds is 3. The molecule has 3 heterocycles. The average molecular weight is 432 g/mol. The van der Waals surface area contributed by atoms with E-state index in [1.54, 1.807) is 16.7 Å². The van der Waals surface area contributed by atoms with Crippen LogP contribution in [0.1, 0.15) is 66.2 Å². The Kier molecular flexibility index (Phi) is 5.10. The molecule has 2 fully saturated rings. The first kappa shape index (κ1) is 21.0. The van der Waals surface area contributed by atoms with E-state index in [-0.39, 0.29) is 11.5 Å². The van der Waals surface area contributed by atoms with Crippen molar-refractivity contribution in [2.45, 2.75) is 78.4 Å². The molecule has 0 aromatic carbocycles. The van der Waals surface area contributed by atoms with Crippen molar-refractivity contribution in [1.82, 2.24) is 4.90 Å². The van der Waals surface area contributed by atoms with E-state index in [0.29, 0.717) is 23.8 Å². The molecule has 0 amide bonds. The van der Waals surface area contributed by atoms with Crippen molar-refractivity contribution in [2.75, 3.05) is 13.1 Å². The summed E-state index contributed by atoms with van der Waals surface area (Å²) in [5.74, 6) is 4.80. The third-order valence-corrected chi connectivity index (χ3v) is 9.97. The van der Waals surface area contributed by atoms with E-state index < -0.39 is 0 Å². The van der Waals surface area contributed by atoms with Crippen LogP contribution in [-0.2, 0) is 4.74 Å². The van der Waals surface area contributed by atoms with Crippen molar-refractivity contribution in [3.05, 3.63) is 58.9 Å². The molecule has 2 heteroatoms. The summed E-state index contributed by atoms with van der Waals surface area (Å²) < 4.78 is 6.69. The Bertz CT molecular complexity index is 928. The smallest absolute Gasteiger partial charge is 0.120 e. The van der Waals surface area contributed by atoms with Gasteiger partial charge in [0.05, 0.1) is 0 Å². The van der Waals surface area contributed by atoms with E-state index in [1.807, 2.05) is 0 Å². The number of hydrogen-bond acceptors (Lipinski definition) is 2. The molecule has 0 N–H and O–H groups in total. The summed E-state index contributed by atoms with van der Waals surface area (Å²) >= 11 is 0. The third-order valence-electron chi connectivity index (χ3n) is 9.97. The van der Waals surface area contributed by atoms with E-state index in [9.17, 15) is 0 Å². The fourth-order valence-corrected chi connectivity index (χ4v) is 7.94. The number of ether oxygens (including phenoxy) is 1. The molecule has 0 spiro atoms. The van der Waals surface area contributed by atoms with Crippen LogP contribution in [0.2, 0.25) is 0 Å². The van der Waals surface area contributed by atoms with Crippen LogP contribution < -0.4 is 0 Å². The van der Waals surface area contributed by atoms with Crippen LogP contribution in [0.4, 0.5) is 0 Å². The lowest BCUT2D eigenvalue weighted by atomic mass is 9.59. The highest BCUT2D eigenvalue weighted by atomic mass is 16.5. The number of nitrogens with zero attached hydrogens (tertiary/aromatic N) is 1. The Morgan fingerprint density at radius 1 is 1.16 bits per heavy atom. The Morgan fingerprint density at radius 3 is 2.81 bits per heavy atom. The summed E-state index contributed by atoms with van der Waals surface area (Å²) in [4.78, 5) is 2.78. The molecule has 6 aliphatic rings. The van der Waals surface area contributed by atoms with Gasteiger partial charge in [0, 0.05) is 24.4 Å². The molecule has 0 aromatic heterocycles. The second-order valence-corrected chi connectivity index (χ2v) is 12.2. The minimum absolute atomic E-state index is 0.188. The molecule has 5 unspecified atom stereocenters. The van der Waals surface area contributed by atoms with E-state index >= 15 is 0 Å². The molecule has 172 valence electrons. The molecule has 2 nitrogen and oxygen atoms in total. The minimum Gasteiger partial charge on any atom is -0.490 e. The number of hydrogen-bond donors (Lipinski definition) is 0. The van der Waals surface area contributed by atoms with Crippen molar-refractivity contribution >= 4 is 0 Å². The molecular formula is C30H41NO. The summed E-state index contributed by atoms with van der Waals surface area (Å²) in [6.07, 6.45) is 22.4. The summed E-state index contributed by atoms with van der Waals surface area (Å²) in [6.45, 7) is 12.3. The van der Waals surface area contributed by atoms with Gasteiger partial charge < -0.3 is 4.74 Å². The Hall–Kier alpha value is -1.54. The van der Waals surface area contributed by atoms with Crippen LogP contribution in [0.25, 0.3) is 0 Å². The van der Waals surface area contributed by atoms with Gasteiger partial charge in [0.15, 0.2) is 0 Å². The van der Waals surface area contributed by atoms with Gasteiger partial charge in [-0.2, -0.15) is 0 Å². The molecule has 0 aromatic rings. The van der Waals surface area contributed by atoms with E-state index in [4.69, 9.17) is 4.74 Å². The first-order valence-corrected chi connectivity index (χ1v) is 13.3. The summed E-state index contributed by atoms with van der Waals surface area (Å²) in [6, 6.07) is 0.692. The van der Waals surface area contributed by atoms with Crippen molar-refractivity contribution in [3.63, 3.8) is 0 Å². The largest absolute Gasteiger partial charge is 0.490 e. The quantitative estimate of drug-likeness (QED) is 0.454. The topological polar surface area (TPSA) is 12.5 Å². The second-order valence-electron chi connectivity index (χ2n) is 12.2. The predicted molar refractivity (Wildman–Crippen MR) is 132 cm³/mol. The van der Waals surface area contributed by atoms with Gasteiger partial charge in [-0.05, 0) is 97.1 Å². The number of allylic oxidation sites excluding steroid dienone is 6. The van der Waals surface area contributed by atoms with Crippen molar-refractivity contribution in [2.24, 2.45) is 35.0 Å². The van der Waals surface area contributed by atoms with Gasteiger partial charge >= 0.3 is 0 Å². The zero-order valence-electron chi connectivity index (χ0n) is 20.5. The van der Waals surface area contributed by atoms with Crippen LogP contribution >= 0.6 is 0 Å². The second kappa shape index (κ2) is 7.76. The molecule has 2 saturated heterocycles. The van der Waals surface area contributed by atoms with Crippen molar-refractivity contribution < 1.29 is 4.74 Å². The average Bonchev–Trinajstić information content (AvgIpc) is 3.34. The first-order valence-electron chi connectivity index (χ1n) is 13.3. The van der Waals surface area contributed by atoms with Gasteiger partial charge in [-0.25, -0.2) is 0 Å². The summed E-state index contributed by atoms with van der Waals surface area (Å²) in [5, 5.41) is 0. The van der Waals surface area contributed by atoms with Gasteiger partial charge in [0.2, 0.25) is 0 Å². The van der Waals surface area contributed by atoms with Crippen LogP contribution in [0.5, 0.6) is 0 Å². The van der Waals surface area contributed by atoms with Crippen LogP contribution in [0.3, 0.4) is 0 Å². The van der Waals surface area contributed by atoms with Gasteiger partial charge in [-0.1, -0.05) is 52.0 Å². The fraction of sp³-hybridized carbons (Fsp3) is 0.667. The third kappa shape index (κ3) is 3.23. The first-order chi connectivity index (χ1) is 15.4. The highest BCUT2D eigenvalue weighted by Gasteiger charge is 2.53. The van der Waals surface area contributed by atoms with Crippen molar-refractivity contribution in [3.8, 4) is 0 Å². The molecule has 32 heavy (non-hydrogen) atoms. The number of fused-ring (bicyclic) bond motifs is 5. The summed E-state index contributed by atoms with van der Waals surface area (Å²) in [5.41, 5.74) is 5.11. The minimum atomic E-state index is 0.188. The summed E-state index contributed by atoms with van der Waals surface area (Å²) in [7, 11) is 0. The Morgan fingerprint density at radius 2 is 2.03 bits per heavy atom. The lowest BCUT2D eigenvalue weighted by Gasteiger charge is -2.44. The molecule has 3 aliphatic heterocycles. The monoisotopic (exact) mass is 431 g/mol.